The minimum atomic E-state index is -3.53. The van der Waals surface area contributed by atoms with Crippen LogP contribution in [0.5, 0.6) is 0 Å². The molecule has 0 aliphatic rings. The number of benzene rings is 1. The van der Waals surface area contributed by atoms with E-state index in [0.717, 1.165) is 0 Å². The lowest BCUT2D eigenvalue weighted by molar-refractivity contribution is 0.338. The second-order valence-corrected chi connectivity index (χ2v) is 4.57. The topological polar surface area (TPSA) is 54.4 Å². The molecule has 4 heteroatoms. The summed E-state index contributed by atoms with van der Waals surface area (Å²) in [6.07, 6.45) is 0. The van der Waals surface area contributed by atoms with Gasteiger partial charge in [-0.3, -0.25) is 0 Å². The van der Waals surface area contributed by atoms with Crippen LogP contribution in [0.15, 0.2) is 46.7 Å². The molecule has 70 valence electrons. The molecule has 0 atom stereocenters. The third-order valence-electron chi connectivity index (χ3n) is 1.61. The van der Waals surface area contributed by atoms with E-state index < -0.39 is 16.4 Å². The Balaban J connectivity index is 3.17. The highest BCUT2D eigenvalue weighted by atomic mass is 32.2. The molecule has 0 saturated heterocycles. The molecule has 1 aromatic rings. The van der Waals surface area contributed by atoms with Gasteiger partial charge in [0.15, 0.2) is 0 Å². The molecule has 0 unspecified atom stereocenters. The van der Waals surface area contributed by atoms with Gasteiger partial charge in [-0.1, -0.05) is 24.8 Å². The Morgan fingerprint density at radius 3 is 2.31 bits per heavy atom. The standard InChI is InChI=1S/C9H10O3S/c1-8(7-10)13(11,12)9-5-3-2-4-6-9/h2-6,10H,1,7H2. The highest BCUT2D eigenvalue weighted by molar-refractivity contribution is 7.95. The van der Waals surface area contributed by atoms with Gasteiger partial charge in [0.2, 0.25) is 9.84 Å². The van der Waals surface area contributed by atoms with Crippen LogP contribution in [-0.4, -0.2) is 20.1 Å². The second kappa shape index (κ2) is 3.72. The molecule has 0 aliphatic carbocycles. The minimum Gasteiger partial charge on any atom is -0.391 e. The van der Waals surface area contributed by atoms with E-state index in [0.29, 0.717) is 0 Å². The van der Waals surface area contributed by atoms with Crippen molar-refractivity contribution in [1.82, 2.24) is 0 Å². The number of hydrogen-bond acceptors (Lipinski definition) is 3. The molecule has 0 fully saturated rings. The van der Waals surface area contributed by atoms with E-state index in [-0.39, 0.29) is 9.80 Å². The Morgan fingerprint density at radius 2 is 1.85 bits per heavy atom. The van der Waals surface area contributed by atoms with Gasteiger partial charge in [0.05, 0.1) is 16.4 Å². The summed E-state index contributed by atoms with van der Waals surface area (Å²) in [4.78, 5) is -0.0206. The lowest BCUT2D eigenvalue weighted by Crippen LogP contribution is -2.06. The van der Waals surface area contributed by atoms with Crippen LogP contribution >= 0.6 is 0 Å². The summed E-state index contributed by atoms with van der Waals surface area (Å²) >= 11 is 0. The average molecular weight is 198 g/mol. The molecule has 0 aliphatic heterocycles. The molecule has 1 N–H and O–H groups in total. The summed E-state index contributed by atoms with van der Waals surface area (Å²) in [5, 5.41) is 8.65. The zero-order valence-corrected chi connectivity index (χ0v) is 7.79. The summed E-state index contributed by atoms with van der Waals surface area (Å²) in [5.41, 5.74) is 0. The first kappa shape index (κ1) is 9.95. The molecule has 1 aromatic carbocycles. The number of sulfone groups is 1. The fourth-order valence-electron chi connectivity index (χ4n) is 0.851. The smallest absolute Gasteiger partial charge is 0.204 e. The highest BCUT2D eigenvalue weighted by Crippen LogP contribution is 2.16. The first-order valence-corrected chi connectivity index (χ1v) is 5.16. The second-order valence-electron chi connectivity index (χ2n) is 2.51. The monoisotopic (exact) mass is 198 g/mol. The maximum atomic E-state index is 11.5. The molecule has 0 aromatic heterocycles. The van der Waals surface area contributed by atoms with Crippen LogP contribution in [-0.2, 0) is 9.84 Å². The molecular weight excluding hydrogens is 188 g/mol. The quantitative estimate of drug-likeness (QED) is 0.787. The number of hydrogen-bond donors (Lipinski definition) is 1. The molecule has 0 radical (unpaired) electrons. The molecule has 13 heavy (non-hydrogen) atoms. The fraction of sp³-hybridized carbons (Fsp3) is 0.111. The average Bonchev–Trinajstić information content (AvgIpc) is 2.18. The largest absolute Gasteiger partial charge is 0.391 e. The summed E-state index contributed by atoms with van der Waals surface area (Å²) in [5.74, 6) is 0. The zero-order chi connectivity index (χ0) is 9.90. The molecule has 0 amide bonds. The van der Waals surface area contributed by atoms with Gasteiger partial charge in [0.25, 0.3) is 0 Å². The fourth-order valence-corrected chi connectivity index (χ4v) is 1.87. The molecule has 0 bridgehead atoms. The molecule has 0 heterocycles. The van der Waals surface area contributed by atoms with Crippen molar-refractivity contribution in [2.75, 3.05) is 6.61 Å². The SMILES string of the molecule is C=C(CO)S(=O)(=O)c1ccccc1. The van der Waals surface area contributed by atoms with Crippen molar-refractivity contribution < 1.29 is 13.5 Å². The molecule has 3 nitrogen and oxygen atoms in total. The Hall–Kier alpha value is -1.13. The van der Waals surface area contributed by atoms with Crippen molar-refractivity contribution in [2.24, 2.45) is 0 Å². The van der Waals surface area contributed by atoms with Gasteiger partial charge >= 0.3 is 0 Å². The number of aliphatic hydroxyl groups is 1. The molecule has 0 spiro atoms. The predicted molar refractivity (Wildman–Crippen MR) is 49.9 cm³/mol. The third-order valence-corrected chi connectivity index (χ3v) is 3.39. The first-order valence-electron chi connectivity index (χ1n) is 3.68. The summed E-state index contributed by atoms with van der Waals surface area (Å²) < 4.78 is 23.0. The van der Waals surface area contributed by atoms with Gasteiger partial charge in [0.1, 0.15) is 0 Å². The lowest BCUT2D eigenvalue weighted by Gasteiger charge is -2.03. The van der Waals surface area contributed by atoms with E-state index in [1.165, 1.54) is 12.1 Å². The number of rotatable bonds is 3. The van der Waals surface area contributed by atoms with Crippen molar-refractivity contribution in [3.63, 3.8) is 0 Å². The van der Waals surface area contributed by atoms with E-state index in [9.17, 15) is 8.42 Å². The van der Waals surface area contributed by atoms with Crippen LogP contribution in [0.4, 0.5) is 0 Å². The van der Waals surface area contributed by atoms with Crippen molar-refractivity contribution in [3.8, 4) is 0 Å². The van der Waals surface area contributed by atoms with E-state index in [2.05, 4.69) is 6.58 Å². The van der Waals surface area contributed by atoms with Crippen LogP contribution in [0, 0.1) is 0 Å². The maximum Gasteiger partial charge on any atom is 0.204 e. The molecule has 0 saturated carbocycles. The summed E-state index contributed by atoms with van der Waals surface area (Å²) in [6.45, 7) is 2.74. The van der Waals surface area contributed by atoms with Crippen LogP contribution in [0.2, 0.25) is 0 Å². The van der Waals surface area contributed by atoms with E-state index in [1.54, 1.807) is 18.2 Å². The van der Waals surface area contributed by atoms with Crippen LogP contribution < -0.4 is 0 Å². The van der Waals surface area contributed by atoms with Gasteiger partial charge in [-0.15, -0.1) is 0 Å². The van der Waals surface area contributed by atoms with Gasteiger partial charge in [-0.25, -0.2) is 8.42 Å². The van der Waals surface area contributed by atoms with E-state index in [4.69, 9.17) is 5.11 Å². The summed E-state index contributed by atoms with van der Waals surface area (Å²) in [7, 11) is -3.53. The van der Waals surface area contributed by atoms with Gasteiger partial charge in [-0.2, -0.15) is 0 Å². The van der Waals surface area contributed by atoms with E-state index >= 15 is 0 Å². The van der Waals surface area contributed by atoms with Gasteiger partial charge in [0, 0.05) is 0 Å². The summed E-state index contributed by atoms with van der Waals surface area (Å²) in [6, 6.07) is 7.90. The highest BCUT2D eigenvalue weighted by Gasteiger charge is 2.16. The Bertz CT molecular complexity index is 392. The number of aliphatic hydroxyl groups excluding tert-OH is 1. The minimum absolute atomic E-state index is 0.161. The Labute approximate surface area is 77.3 Å². The van der Waals surface area contributed by atoms with Crippen molar-refractivity contribution in [2.45, 2.75) is 4.90 Å². The third kappa shape index (κ3) is 1.96. The van der Waals surface area contributed by atoms with Crippen LogP contribution in [0.25, 0.3) is 0 Å². The Kier molecular flexibility index (Phi) is 2.85. The first-order chi connectivity index (χ1) is 6.09. The zero-order valence-electron chi connectivity index (χ0n) is 6.97. The predicted octanol–water partition coefficient (Wildman–Crippen LogP) is 0.966. The Morgan fingerprint density at radius 1 is 1.31 bits per heavy atom. The normalized spacial score (nSPS) is 11.2. The molecule has 1 rings (SSSR count). The van der Waals surface area contributed by atoms with Crippen molar-refractivity contribution >= 4 is 9.84 Å². The van der Waals surface area contributed by atoms with Crippen LogP contribution in [0.3, 0.4) is 0 Å². The molecular formula is C9H10O3S. The maximum absolute atomic E-state index is 11.5. The van der Waals surface area contributed by atoms with Gasteiger partial charge < -0.3 is 5.11 Å². The van der Waals surface area contributed by atoms with Crippen LogP contribution in [0.1, 0.15) is 0 Å². The van der Waals surface area contributed by atoms with Gasteiger partial charge in [-0.05, 0) is 12.1 Å². The van der Waals surface area contributed by atoms with Crippen molar-refractivity contribution in [3.05, 3.63) is 41.8 Å². The lowest BCUT2D eigenvalue weighted by atomic mass is 10.4. The van der Waals surface area contributed by atoms with Crippen molar-refractivity contribution in [1.29, 1.82) is 0 Å². The van der Waals surface area contributed by atoms with E-state index in [1.807, 2.05) is 0 Å².